The van der Waals surface area contributed by atoms with Gasteiger partial charge in [-0.05, 0) is 38.6 Å². The Morgan fingerprint density at radius 3 is 2.70 bits per heavy atom. The van der Waals surface area contributed by atoms with Crippen molar-refractivity contribution in [2.24, 2.45) is 0 Å². The van der Waals surface area contributed by atoms with E-state index >= 15 is 0 Å². The van der Waals surface area contributed by atoms with E-state index in [0.29, 0.717) is 11.1 Å². The minimum absolute atomic E-state index is 0.0500. The normalized spacial score (nSPS) is 22.4. The number of likely N-dealkylation sites (tertiary alicyclic amines) is 1. The Bertz CT molecular complexity index is 530. The van der Waals surface area contributed by atoms with E-state index in [1.54, 1.807) is 6.20 Å². The molecule has 0 bridgehead atoms. The average Bonchev–Trinajstić information content (AvgIpc) is 2.99. The summed E-state index contributed by atoms with van der Waals surface area (Å²) in [4.78, 5) is 23.0. The number of carbonyl (C=O) groups excluding carboxylic acids is 1. The van der Waals surface area contributed by atoms with Crippen LogP contribution in [0.4, 0.5) is 10.6 Å². The van der Waals surface area contributed by atoms with Gasteiger partial charge < -0.3 is 20.0 Å². The van der Waals surface area contributed by atoms with Gasteiger partial charge in [-0.25, -0.2) is 9.78 Å². The van der Waals surface area contributed by atoms with Gasteiger partial charge in [0.2, 0.25) is 0 Å². The van der Waals surface area contributed by atoms with Gasteiger partial charge in [-0.1, -0.05) is 11.6 Å². The predicted molar refractivity (Wildman–Crippen MR) is 92.1 cm³/mol. The Labute approximate surface area is 142 Å². The van der Waals surface area contributed by atoms with Crippen LogP contribution in [0.1, 0.15) is 12.8 Å². The summed E-state index contributed by atoms with van der Waals surface area (Å²) in [5, 5.41) is 3.72. The maximum absolute atomic E-state index is 12.3. The van der Waals surface area contributed by atoms with E-state index in [0.717, 1.165) is 45.1 Å². The van der Waals surface area contributed by atoms with Crippen molar-refractivity contribution in [2.75, 3.05) is 51.2 Å². The molecule has 2 aliphatic heterocycles. The summed E-state index contributed by atoms with van der Waals surface area (Å²) in [6.45, 7) is 4.91. The van der Waals surface area contributed by atoms with E-state index in [2.05, 4.69) is 27.1 Å². The topological polar surface area (TPSA) is 51.7 Å². The van der Waals surface area contributed by atoms with Crippen LogP contribution in [0.3, 0.4) is 0 Å². The van der Waals surface area contributed by atoms with Crippen molar-refractivity contribution >= 4 is 23.4 Å². The third-order valence-electron chi connectivity index (χ3n) is 4.76. The standard InChI is InChI=1S/C16H24ClN5O/c1-20-6-2-3-14(20)12-19-16(23)22-9-7-21(8-10-22)15-5-4-13(17)11-18-15/h4-5,11,14H,2-3,6-10,12H2,1H3,(H,19,23). The predicted octanol–water partition coefficient (Wildman–Crippen LogP) is 1.66. The Hall–Kier alpha value is -1.53. The van der Waals surface area contributed by atoms with Crippen LogP contribution in [0.5, 0.6) is 0 Å². The molecule has 1 aromatic heterocycles. The number of anilines is 1. The lowest BCUT2D eigenvalue weighted by Crippen LogP contribution is -2.53. The number of nitrogens with zero attached hydrogens (tertiary/aromatic N) is 4. The molecule has 2 aliphatic rings. The Morgan fingerprint density at radius 2 is 2.09 bits per heavy atom. The van der Waals surface area contributed by atoms with Crippen molar-refractivity contribution < 1.29 is 4.79 Å². The quantitative estimate of drug-likeness (QED) is 0.911. The molecule has 1 unspecified atom stereocenters. The van der Waals surface area contributed by atoms with Crippen LogP contribution >= 0.6 is 11.6 Å². The molecule has 1 N–H and O–H groups in total. The number of carbonyl (C=O) groups is 1. The van der Waals surface area contributed by atoms with Gasteiger partial charge in [0.25, 0.3) is 0 Å². The molecule has 3 rings (SSSR count). The number of nitrogens with one attached hydrogen (secondary N) is 1. The third-order valence-corrected chi connectivity index (χ3v) is 4.99. The number of hydrogen-bond donors (Lipinski definition) is 1. The van der Waals surface area contributed by atoms with Gasteiger partial charge in [0.15, 0.2) is 0 Å². The highest BCUT2D eigenvalue weighted by Crippen LogP contribution is 2.16. The van der Waals surface area contributed by atoms with Crippen LogP contribution < -0.4 is 10.2 Å². The van der Waals surface area contributed by atoms with E-state index in [4.69, 9.17) is 11.6 Å². The lowest BCUT2D eigenvalue weighted by molar-refractivity contribution is 0.190. The number of urea groups is 1. The molecule has 3 heterocycles. The monoisotopic (exact) mass is 337 g/mol. The molecule has 23 heavy (non-hydrogen) atoms. The molecule has 2 fully saturated rings. The van der Waals surface area contributed by atoms with Gasteiger partial charge in [0.1, 0.15) is 5.82 Å². The van der Waals surface area contributed by atoms with Crippen molar-refractivity contribution in [1.82, 2.24) is 20.1 Å². The number of hydrogen-bond acceptors (Lipinski definition) is 4. The fourth-order valence-electron chi connectivity index (χ4n) is 3.25. The van der Waals surface area contributed by atoms with Crippen LogP contribution in [0.25, 0.3) is 0 Å². The van der Waals surface area contributed by atoms with Gasteiger partial charge >= 0.3 is 6.03 Å². The van der Waals surface area contributed by atoms with Crippen molar-refractivity contribution in [2.45, 2.75) is 18.9 Å². The van der Waals surface area contributed by atoms with E-state index in [-0.39, 0.29) is 6.03 Å². The molecule has 1 atom stereocenters. The number of pyridine rings is 1. The summed E-state index contributed by atoms with van der Waals surface area (Å²) in [5.41, 5.74) is 0. The summed E-state index contributed by atoms with van der Waals surface area (Å²) in [7, 11) is 2.13. The Kier molecular flexibility index (Phi) is 5.23. The molecule has 0 radical (unpaired) electrons. The largest absolute Gasteiger partial charge is 0.353 e. The summed E-state index contributed by atoms with van der Waals surface area (Å²) in [6, 6.07) is 4.31. The maximum atomic E-state index is 12.3. The van der Waals surface area contributed by atoms with Crippen LogP contribution in [0.15, 0.2) is 18.3 Å². The third kappa shape index (κ3) is 4.06. The van der Waals surface area contributed by atoms with E-state index < -0.39 is 0 Å². The smallest absolute Gasteiger partial charge is 0.317 e. The van der Waals surface area contributed by atoms with Gasteiger partial charge in [0.05, 0.1) is 5.02 Å². The zero-order chi connectivity index (χ0) is 16.2. The molecule has 1 aromatic rings. The molecule has 2 amide bonds. The molecule has 7 heteroatoms. The van der Waals surface area contributed by atoms with Crippen molar-refractivity contribution in [3.63, 3.8) is 0 Å². The molecule has 0 spiro atoms. The molecule has 0 aliphatic carbocycles. The van der Waals surface area contributed by atoms with E-state index in [9.17, 15) is 4.79 Å². The second kappa shape index (κ2) is 7.36. The summed E-state index contributed by atoms with van der Waals surface area (Å²) in [5.74, 6) is 0.919. The molecule has 0 aromatic carbocycles. The maximum Gasteiger partial charge on any atom is 0.317 e. The highest BCUT2D eigenvalue weighted by molar-refractivity contribution is 6.30. The molecule has 0 saturated carbocycles. The number of halogens is 1. The van der Waals surface area contributed by atoms with E-state index in [1.165, 1.54) is 12.8 Å². The summed E-state index contributed by atoms with van der Waals surface area (Å²) in [6.07, 6.45) is 4.06. The first-order valence-corrected chi connectivity index (χ1v) is 8.61. The second-order valence-electron chi connectivity index (χ2n) is 6.27. The zero-order valence-electron chi connectivity index (χ0n) is 13.5. The lowest BCUT2D eigenvalue weighted by Gasteiger charge is -2.35. The summed E-state index contributed by atoms with van der Waals surface area (Å²) >= 11 is 5.87. The first kappa shape index (κ1) is 16.3. The minimum Gasteiger partial charge on any atom is -0.353 e. The fourth-order valence-corrected chi connectivity index (χ4v) is 3.36. The SMILES string of the molecule is CN1CCCC1CNC(=O)N1CCN(c2ccc(Cl)cn2)CC1. The Balaban J connectivity index is 1.44. The van der Waals surface area contributed by atoms with E-state index in [1.807, 2.05) is 17.0 Å². The fraction of sp³-hybridized carbons (Fsp3) is 0.625. The van der Waals surface area contributed by atoms with Crippen molar-refractivity contribution in [1.29, 1.82) is 0 Å². The van der Waals surface area contributed by atoms with Crippen LogP contribution in [-0.2, 0) is 0 Å². The lowest BCUT2D eigenvalue weighted by atomic mass is 10.2. The number of amides is 2. The highest BCUT2D eigenvalue weighted by atomic mass is 35.5. The van der Waals surface area contributed by atoms with Crippen LogP contribution in [0, 0.1) is 0 Å². The zero-order valence-corrected chi connectivity index (χ0v) is 14.3. The first-order chi connectivity index (χ1) is 11.1. The molecule has 6 nitrogen and oxygen atoms in total. The minimum atomic E-state index is 0.0500. The molecular formula is C16H24ClN5O. The van der Waals surface area contributed by atoms with Crippen molar-refractivity contribution in [3.05, 3.63) is 23.4 Å². The van der Waals surface area contributed by atoms with Crippen LogP contribution in [0.2, 0.25) is 5.02 Å². The van der Waals surface area contributed by atoms with Gasteiger partial charge in [0, 0.05) is 45.0 Å². The van der Waals surface area contributed by atoms with Gasteiger partial charge in [-0.3, -0.25) is 0 Å². The number of aromatic nitrogens is 1. The second-order valence-corrected chi connectivity index (χ2v) is 6.71. The summed E-state index contributed by atoms with van der Waals surface area (Å²) < 4.78 is 0. The number of rotatable bonds is 3. The highest BCUT2D eigenvalue weighted by Gasteiger charge is 2.24. The van der Waals surface area contributed by atoms with Crippen LogP contribution in [-0.4, -0.2) is 73.2 Å². The van der Waals surface area contributed by atoms with Crippen molar-refractivity contribution in [3.8, 4) is 0 Å². The average molecular weight is 338 g/mol. The number of piperazine rings is 1. The number of likely N-dealkylation sites (N-methyl/N-ethyl adjacent to an activating group) is 1. The van der Waals surface area contributed by atoms with Gasteiger partial charge in [-0.2, -0.15) is 0 Å². The Morgan fingerprint density at radius 1 is 1.30 bits per heavy atom. The molecular weight excluding hydrogens is 314 g/mol. The molecule has 2 saturated heterocycles. The first-order valence-electron chi connectivity index (χ1n) is 8.23. The van der Waals surface area contributed by atoms with Gasteiger partial charge in [-0.15, -0.1) is 0 Å². The molecule has 126 valence electrons.